The van der Waals surface area contributed by atoms with Gasteiger partial charge in [-0.05, 0) is 26.0 Å². The van der Waals surface area contributed by atoms with E-state index in [0.717, 1.165) is 0 Å². The molecule has 0 heterocycles. The van der Waals surface area contributed by atoms with Crippen molar-refractivity contribution in [1.29, 1.82) is 0 Å². The quantitative estimate of drug-likeness (QED) is 0.259. The average molecular weight is 264 g/mol. The van der Waals surface area contributed by atoms with Gasteiger partial charge in [-0.3, -0.25) is 9.59 Å². The Hall–Kier alpha value is -2.57. The third kappa shape index (κ3) is 3.44. The second-order valence-corrected chi connectivity index (χ2v) is 4.51. The Balaban J connectivity index is 2.88. The maximum absolute atomic E-state index is 11.9. The van der Waals surface area contributed by atoms with Crippen molar-refractivity contribution < 1.29 is 14.8 Å². The zero-order valence-corrected chi connectivity index (χ0v) is 10.7. The molecule has 0 aromatic heterocycles. The number of amidine groups is 1. The zero-order valence-electron chi connectivity index (χ0n) is 10.7. The van der Waals surface area contributed by atoms with Crippen LogP contribution in [0.3, 0.4) is 0 Å². The van der Waals surface area contributed by atoms with E-state index in [0.29, 0.717) is 11.1 Å². The Labute approximate surface area is 110 Å². The molecule has 2 amide bonds. The third-order valence-electron chi connectivity index (χ3n) is 2.59. The molecule has 0 radical (unpaired) electrons. The van der Waals surface area contributed by atoms with E-state index in [1.54, 1.807) is 0 Å². The number of carbonyl (C=O) groups is 2. The van der Waals surface area contributed by atoms with Crippen LogP contribution in [0.1, 0.15) is 29.8 Å². The van der Waals surface area contributed by atoms with Crippen LogP contribution in [0.2, 0.25) is 0 Å². The van der Waals surface area contributed by atoms with Crippen LogP contribution in [0.25, 0.3) is 0 Å². The monoisotopic (exact) mass is 264 g/mol. The summed E-state index contributed by atoms with van der Waals surface area (Å²) in [5.41, 5.74) is 10.2. The van der Waals surface area contributed by atoms with Crippen LogP contribution in [0.5, 0.6) is 0 Å². The van der Waals surface area contributed by atoms with Crippen LogP contribution in [-0.4, -0.2) is 28.4 Å². The number of nitrogens with one attached hydrogen (secondary N) is 1. The van der Waals surface area contributed by atoms with Gasteiger partial charge in [0.05, 0.1) is 0 Å². The third-order valence-corrected chi connectivity index (χ3v) is 2.59. The Bertz CT molecular complexity index is 520. The Kier molecular flexibility index (Phi) is 4.11. The summed E-state index contributed by atoms with van der Waals surface area (Å²) < 4.78 is 0. The van der Waals surface area contributed by atoms with Crippen LogP contribution in [-0.2, 0) is 4.79 Å². The van der Waals surface area contributed by atoms with Crippen LogP contribution in [0.15, 0.2) is 29.4 Å². The lowest BCUT2D eigenvalue weighted by Crippen LogP contribution is -2.53. The van der Waals surface area contributed by atoms with Crippen molar-refractivity contribution in [2.75, 3.05) is 0 Å². The fourth-order valence-corrected chi connectivity index (χ4v) is 1.27. The molecule has 0 unspecified atom stereocenters. The number of benzene rings is 1. The first-order chi connectivity index (χ1) is 8.77. The van der Waals surface area contributed by atoms with Gasteiger partial charge < -0.3 is 22.0 Å². The first-order valence-electron chi connectivity index (χ1n) is 5.48. The Morgan fingerprint density at radius 1 is 1.16 bits per heavy atom. The van der Waals surface area contributed by atoms with Crippen molar-refractivity contribution in [3.05, 3.63) is 35.4 Å². The first-order valence-corrected chi connectivity index (χ1v) is 5.48. The minimum atomic E-state index is -1.14. The van der Waals surface area contributed by atoms with E-state index in [9.17, 15) is 9.59 Å². The summed E-state index contributed by atoms with van der Waals surface area (Å²) in [6.45, 7) is 3.02. The van der Waals surface area contributed by atoms with Crippen molar-refractivity contribution in [1.82, 2.24) is 5.32 Å². The van der Waals surface area contributed by atoms with Gasteiger partial charge in [0.1, 0.15) is 5.54 Å². The predicted molar refractivity (Wildman–Crippen MR) is 69.7 cm³/mol. The van der Waals surface area contributed by atoms with Crippen LogP contribution >= 0.6 is 0 Å². The number of primary amides is 1. The van der Waals surface area contributed by atoms with Gasteiger partial charge in [0.25, 0.3) is 5.91 Å². The van der Waals surface area contributed by atoms with Gasteiger partial charge in [0, 0.05) is 11.1 Å². The topological polar surface area (TPSA) is 131 Å². The van der Waals surface area contributed by atoms with E-state index in [2.05, 4.69) is 10.5 Å². The van der Waals surface area contributed by atoms with Crippen molar-refractivity contribution in [3.8, 4) is 0 Å². The minimum Gasteiger partial charge on any atom is -0.409 e. The van der Waals surface area contributed by atoms with Gasteiger partial charge in [-0.1, -0.05) is 17.3 Å². The normalized spacial score (nSPS) is 12.0. The van der Waals surface area contributed by atoms with E-state index in [4.69, 9.17) is 16.7 Å². The molecular weight excluding hydrogens is 248 g/mol. The lowest BCUT2D eigenvalue weighted by molar-refractivity contribution is -0.122. The summed E-state index contributed by atoms with van der Waals surface area (Å²) in [4.78, 5) is 23.0. The standard InChI is InChI=1S/C12H16N4O3/c1-12(2,11(14)18)15-10(17)8-5-3-7(4-6-8)9(13)16-19/h3-6,19H,1-2H3,(H2,13,16)(H2,14,18)(H,15,17). The molecule has 0 spiro atoms. The summed E-state index contributed by atoms with van der Waals surface area (Å²) in [7, 11) is 0. The highest BCUT2D eigenvalue weighted by molar-refractivity contribution is 6.01. The average Bonchev–Trinajstić information content (AvgIpc) is 2.37. The van der Waals surface area contributed by atoms with E-state index >= 15 is 0 Å². The van der Waals surface area contributed by atoms with Gasteiger partial charge in [0.15, 0.2) is 5.84 Å². The largest absolute Gasteiger partial charge is 0.409 e. The summed E-state index contributed by atoms with van der Waals surface area (Å²) in [5, 5.41) is 13.9. The fourth-order valence-electron chi connectivity index (χ4n) is 1.27. The van der Waals surface area contributed by atoms with Crippen LogP contribution < -0.4 is 16.8 Å². The van der Waals surface area contributed by atoms with E-state index < -0.39 is 17.4 Å². The number of rotatable bonds is 4. The predicted octanol–water partition coefficient (Wildman–Crippen LogP) is -0.225. The van der Waals surface area contributed by atoms with Gasteiger partial charge in [-0.15, -0.1) is 0 Å². The lowest BCUT2D eigenvalue weighted by Gasteiger charge is -2.22. The molecule has 0 fully saturated rings. The van der Waals surface area contributed by atoms with Gasteiger partial charge in [-0.2, -0.15) is 0 Å². The van der Waals surface area contributed by atoms with Gasteiger partial charge in [0.2, 0.25) is 5.91 Å². The smallest absolute Gasteiger partial charge is 0.252 e. The highest BCUT2D eigenvalue weighted by Gasteiger charge is 2.27. The Morgan fingerprint density at radius 2 is 1.63 bits per heavy atom. The second kappa shape index (κ2) is 5.38. The second-order valence-electron chi connectivity index (χ2n) is 4.51. The first kappa shape index (κ1) is 14.5. The molecule has 0 bridgehead atoms. The molecule has 0 saturated carbocycles. The SMILES string of the molecule is CC(C)(NC(=O)c1ccc(C(N)=NO)cc1)C(N)=O. The van der Waals surface area contributed by atoms with Crippen molar-refractivity contribution in [2.45, 2.75) is 19.4 Å². The molecule has 1 rings (SSSR count). The number of amides is 2. The van der Waals surface area contributed by atoms with Crippen molar-refractivity contribution in [3.63, 3.8) is 0 Å². The summed E-state index contributed by atoms with van der Waals surface area (Å²) in [6, 6.07) is 6.06. The molecule has 0 aliphatic heterocycles. The number of hydrogen-bond acceptors (Lipinski definition) is 4. The maximum Gasteiger partial charge on any atom is 0.252 e. The molecule has 7 nitrogen and oxygen atoms in total. The van der Waals surface area contributed by atoms with Crippen molar-refractivity contribution in [2.24, 2.45) is 16.6 Å². The minimum absolute atomic E-state index is 0.0515. The summed E-state index contributed by atoms with van der Waals surface area (Å²) >= 11 is 0. The van der Waals surface area contributed by atoms with E-state index in [1.165, 1.54) is 38.1 Å². The highest BCUT2D eigenvalue weighted by Crippen LogP contribution is 2.07. The lowest BCUT2D eigenvalue weighted by atomic mass is 10.0. The maximum atomic E-state index is 11.9. The zero-order chi connectivity index (χ0) is 14.6. The molecule has 19 heavy (non-hydrogen) atoms. The molecule has 1 aromatic rings. The molecule has 102 valence electrons. The summed E-state index contributed by atoms with van der Waals surface area (Å²) in [6.07, 6.45) is 0. The van der Waals surface area contributed by atoms with Gasteiger partial charge >= 0.3 is 0 Å². The van der Waals surface area contributed by atoms with Crippen LogP contribution in [0.4, 0.5) is 0 Å². The molecular formula is C12H16N4O3. The number of carbonyl (C=O) groups excluding carboxylic acids is 2. The van der Waals surface area contributed by atoms with E-state index in [1.807, 2.05) is 0 Å². The highest BCUT2D eigenvalue weighted by atomic mass is 16.4. The molecule has 7 heteroatoms. The van der Waals surface area contributed by atoms with Gasteiger partial charge in [-0.25, -0.2) is 0 Å². The van der Waals surface area contributed by atoms with Crippen molar-refractivity contribution >= 4 is 17.6 Å². The number of hydrogen-bond donors (Lipinski definition) is 4. The molecule has 1 aromatic carbocycles. The Morgan fingerprint density at radius 3 is 2.05 bits per heavy atom. The number of oxime groups is 1. The van der Waals surface area contributed by atoms with E-state index in [-0.39, 0.29) is 5.84 Å². The fraction of sp³-hybridized carbons (Fsp3) is 0.250. The molecule has 6 N–H and O–H groups in total. The summed E-state index contributed by atoms with van der Waals surface area (Å²) in [5.74, 6) is -1.12. The number of nitrogens with two attached hydrogens (primary N) is 2. The van der Waals surface area contributed by atoms with Crippen LogP contribution in [0, 0.1) is 0 Å². The molecule has 0 aliphatic rings. The molecule has 0 aliphatic carbocycles. The number of nitrogens with zero attached hydrogens (tertiary/aromatic N) is 1. The molecule has 0 atom stereocenters. The molecule has 0 saturated heterocycles.